The van der Waals surface area contributed by atoms with Crippen LogP contribution in [0.5, 0.6) is 11.5 Å². The van der Waals surface area contributed by atoms with Gasteiger partial charge in [0.1, 0.15) is 0 Å². The Labute approximate surface area is 116 Å². The molecule has 4 N–H and O–H groups in total. The number of rotatable bonds is 4. The van der Waals surface area contributed by atoms with E-state index in [9.17, 15) is 15.0 Å². The number of carbonyl (C=O) groups excluding carboxylic acids is 1. The van der Waals surface area contributed by atoms with Crippen molar-refractivity contribution in [3.05, 3.63) is 59.2 Å². The standard InChI is InChI=1S/C16H15NO3/c17-16(20)10-13-5-2-11(3-6-13)1-4-12-7-8-14(18)15(19)9-12/h1-9,18-19H,10H2,(H2,17,20)/b4-1+. The number of nitrogens with two attached hydrogens (primary N) is 1. The smallest absolute Gasteiger partial charge is 0.221 e. The average molecular weight is 269 g/mol. The van der Waals surface area contributed by atoms with E-state index in [0.717, 1.165) is 16.7 Å². The van der Waals surface area contributed by atoms with Gasteiger partial charge in [0, 0.05) is 0 Å². The van der Waals surface area contributed by atoms with Crippen LogP contribution in [0.4, 0.5) is 0 Å². The number of amides is 1. The van der Waals surface area contributed by atoms with E-state index in [2.05, 4.69) is 0 Å². The normalized spacial score (nSPS) is 10.8. The fourth-order valence-electron chi connectivity index (χ4n) is 1.78. The van der Waals surface area contributed by atoms with Crippen LogP contribution >= 0.6 is 0 Å². The Morgan fingerprint density at radius 1 is 0.950 bits per heavy atom. The van der Waals surface area contributed by atoms with Crippen LogP contribution in [0, 0.1) is 0 Å². The molecule has 4 heteroatoms. The third-order valence-corrected chi connectivity index (χ3v) is 2.83. The molecule has 0 saturated carbocycles. The molecule has 0 fully saturated rings. The number of aromatic hydroxyl groups is 2. The Hall–Kier alpha value is -2.75. The summed E-state index contributed by atoms with van der Waals surface area (Å²) in [6.45, 7) is 0. The lowest BCUT2D eigenvalue weighted by molar-refractivity contribution is -0.117. The zero-order valence-electron chi connectivity index (χ0n) is 10.8. The molecule has 4 nitrogen and oxygen atoms in total. The van der Waals surface area contributed by atoms with Gasteiger partial charge in [0.2, 0.25) is 5.91 Å². The van der Waals surface area contributed by atoms with E-state index in [-0.39, 0.29) is 23.8 Å². The maximum Gasteiger partial charge on any atom is 0.221 e. The number of benzene rings is 2. The van der Waals surface area contributed by atoms with Crippen LogP contribution in [0.3, 0.4) is 0 Å². The van der Waals surface area contributed by atoms with Gasteiger partial charge in [0.25, 0.3) is 0 Å². The molecule has 0 bridgehead atoms. The Kier molecular flexibility index (Phi) is 4.05. The monoisotopic (exact) mass is 269 g/mol. The molecule has 20 heavy (non-hydrogen) atoms. The highest BCUT2D eigenvalue weighted by Crippen LogP contribution is 2.25. The first-order chi connectivity index (χ1) is 9.54. The second-order valence-electron chi connectivity index (χ2n) is 4.47. The summed E-state index contributed by atoms with van der Waals surface area (Å²) in [5, 5.41) is 18.6. The minimum absolute atomic E-state index is 0.141. The minimum Gasteiger partial charge on any atom is -0.504 e. The highest BCUT2D eigenvalue weighted by atomic mass is 16.3. The molecule has 0 aliphatic heterocycles. The fourth-order valence-corrected chi connectivity index (χ4v) is 1.78. The Balaban J connectivity index is 2.10. The number of hydrogen-bond acceptors (Lipinski definition) is 3. The van der Waals surface area contributed by atoms with Gasteiger partial charge >= 0.3 is 0 Å². The highest BCUT2D eigenvalue weighted by molar-refractivity contribution is 5.77. The quantitative estimate of drug-likeness (QED) is 0.588. The van der Waals surface area contributed by atoms with Gasteiger partial charge in [-0.15, -0.1) is 0 Å². The molecule has 0 aliphatic carbocycles. The maximum atomic E-state index is 10.8. The van der Waals surface area contributed by atoms with E-state index in [4.69, 9.17) is 5.73 Å². The number of phenolic OH excluding ortho intramolecular Hbond substituents is 2. The minimum atomic E-state index is -0.354. The summed E-state index contributed by atoms with van der Waals surface area (Å²) >= 11 is 0. The molecule has 0 radical (unpaired) electrons. The van der Waals surface area contributed by atoms with Crippen LogP contribution < -0.4 is 5.73 Å². The van der Waals surface area contributed by atoms with E-state index in [1.165, 1.54) is 12.1 Å². The van der Waals surface area contributed by atoms with Crippen molar-refractivity contribution in [1.29, 1.82) is 0 Å². The second-order valence-corrected chi connectivity index (χ2v) is 4.47. The van der Waals surface area contributed by atoms with Crippen molar-refractivity contribution in [2.45, 2.75) is 6.42 Å². The molecule has 1 amide bonds. The van der Waals surface area contributed by atoms with Crippen molar-refractivity contribution in [3.63, 3.8) is 0 Å². The molecule has 2 aromatic carbocycles. The first kappa shape index (κ1) is 13.7. The largest absolute Gasteiger partial charge is 0.504 e. The van der Waals surface area contributed by atoms with E-state index in [1.807, 2.05) is 36.4 Å². The van der Waals surface area contributed by atoms with Gasteiger partial charge in [0.05, 0.1) is 6.42 Å². The molecular weight excluding hydrogens is 254 g/mol. The van der Waals surface area contributed by atoms with Crippen LogP contribution in [0.2, 0.25) is 0 Å². The number of carbonyl (C=O) groups is 1. The molecule has 0 aliphatic rings. The van der Waals surface area contributed by atoms with Crippen molar-refractivity contribution in [3.8, 4) is 11.5 Å². The summed E-state index contributed by atoms with van der Waals surface area (Å²) in [5.41, 5.74) is 7.74. The van der Waals surface area contributed by atoms with Crippen molar-refractivity contribution in [1.82, 2.24) is 0 Å². The third kappa shape index (κ3) is 3.62. The van der Waals surface area contributed by atoms with Crippen molar-refractivity contribution in [2.75, 3.05) is 0 Å². The van der Waals surface area contributed by atoms with E-state index < -0.39 is 0 Å². The zero-order chi connectivity index (χ0) is 14.5. The second kappa shape index (κ2) is 5.93. The molecule has 0 aromatic heterocycles. The summed E-state index contributed by atoms with van der Waals surface area (Å²) in [6.07, 6.45) is 3.93. The lowest BCUT2D eigenvalue weighted by atomic mass is 10.1. The molecule has 0 spiro atoms. The lowest BCUT2D eigenvalue weighted by Crippen LogP contribution is -2.13. The number of hydrogen-bond donors (Lipinski definition) is 3. The lowest BCUT2D eigenvalue weighted by Gasteiger charge is -2.00. The van der Waals surface area contributed by atoms with Gasteiger partial charge in [-0.05, 0) is 28.8 Å². The van der Waals surface area contributed by atoms with E-state index in [0.29, 0.717) is 0 Å². The Bertz CT molecular complexity index is 645. The highest BCUT2D eigenvalue weighted by Gasteiger charge is 1.99. The van der Waals surface area contributed by atoms with Crippen LogP contribution in [0.1, 0.15) is 16.7 Å². The van der Waals surface area contributed by atoms with Gasteiger partial charge in [-0.1, -0.05) is 42.5 Å². The van der Waals surface area contributed by atoms with E-state index in [1.54, 1.807) is 6.07 Å². The summed E-state index contributed by atoms with van der Waals surface area (Å²) in [4.78, 5) is 10.8. The fraction of sp³-hybridized carbons (Fsp3) is 0.0625. The molecule has 0 atom stereocenters. The summed E-state index contributed by atoms with van der Waals surface area (Å²) < 4.78 is 0. The molecule has 2 aromatic rings. The predicted molar refractivity (Wildman–Crippen MR) is 78.0 cm³/mol. The molecule has 0 heterocycles. The summed E-state index contributed by atoms with van der Waals surface area (Å²) in [7, 11) is 0. The molecule has 0 saturated heterocycles. The van der Waals surface area contributed by atoms with Crippen molar-refractivity contribution >= 4 is 18.1 Å². The zero-order valence-corrected chi connectivity index (χ0v) is 10.8. The van der Waals surface area contributed by atoms with Gasteiger partial charge in [-0.3, -0.25) is 4.79 Å². The average Bonchev–Trinajstić information content (AvgIpc) is 2.41. The SMILES string of the molecule is NC(=O)Cc1ccc(/C=C/c2ccc(O)c(O)c2)cc1. The Morgan fingerprint density at radius 3 is 2.15 bits per heavy atom. The van der Waals surface area contributed by atoms with Gasteiger partial charge in [0.15, 0.2) is 11.5 Å². The van der Waals surface area contributed by atoms with Gasteiger partial charge in [-0.2, -0.15) is 0 Å². The molecule has 0 unspecified atom stereocenters. The summed E-state index contributed by atoms with van der Waals surface area (Å²) in [6, 6.07) is 12.1. The van der Waals surface area contributed by atoms with Gasteiger partial charge < -0.3 is 15.9 Å². The predicted octanol–water partition coefficient (Wildman–Crippen LogP) is 2.30. The van der Waals surface area contributed by atoms with Crippen molar-refractivity contribution in [2.24, 2.45) is 5.73 Å². The topological polar surface area (TPSA) is 83.6 Å². The van der Waals surface area contributed by atoms with Crippen LogP contribution in [-0.4, -0.2) is 16.1 Å². The Morgan fingerprint density at radius 2 is 1.55 bits per heavy atom. The molecule has 102 valence electrons. The van der Waals surface area contributed by atoms with Crippen LogP contribution in [-0.2, 0) is 11.2 Å². The first-order valence-corrected chi connectivity index (χ1v) is 6.12. The maximum absolute atomic E-state index is 10.8. The van der Waals surface area contributed by atoms with Crippen LogP contribution in [0.15, 0.2) is 42.5 Å². The first-order valence-electron chi connectivity index (χ1n) is 6.12. The van der Waals surface area contributed by atoms with Crippen molar-refractivity contribution < 1.29 is 15.0 Å². The number of primary amides is 1. The third-order valence-electron chi connectivity index (χ3n) is 2.83. The van der Waals surface area contributed by atoms with E-state index >= 15 is 0 Å². The molecular formula is C16H15NO3. The number of phenols is 2. The van der Waals surface area contributed by atoms with Gasteiger partial charge in [-0.25, -0.2) is 0 Å². The molecule has 2 rings (SSSR count). The summed E-state index contributed by atoms with van der Waals surface area (Å²) in [5.74, 6) is -0.644. The van der Waals surface area contributed by atoms with Crippen LogP contribution in [0.25, 0.3) is 12.2 Å².